The number of hydrogen-bond acceptors (Lipinski definition) is 3. The number of halogens is 6. The highest BCUT2D eigenvalue weighted by molar-refractivity contribution is 5.89. The van der Waals surface area contributed by atoms with Crippen molar-refractivity contribution in [3.63, 3.8) is 0 Å². The van der Waals surface area contributed by atoms with Crippen molar-refractivity contribution in [2.75, 3.05) is 12.0 Å². The van der Waals surface area contributed by atoms with Gasteiger partial charge in [-0.15, -0.1) is 0 Å². The first kappa shape index (κ1) is 27.6. The maximum absolute atomic E-state index is 13.4. The van der Waals surface area contributed by atoms with Gasteiger partial charge in [-0.2, -0.15) is 26.3 Å². The van der Waals surface area contributed by atoms with E-state index in [1.165, 1.54) is 4.90 Å². The normalized spacial score (nSPS) is 19.4. The average molecular weight is 544 g/mol. The van der Waals surface area contributed by atoms with Crippen LogP contribution in [0.5, 0.6) is 0 Å². The molecule has 0 saturated heterocycles. The Morgan fingerprint density at radius 2 is 1.53 bits per heavy atom. The number of amides is 2. The van der Waals surface area contributed by atoms with Crippen LogP contribution in [0.25, 0.3) is 0 Å². The smallest absolute Gasteiger partial charge is 0.416 e. The molecule has 206 valence electrons. The van der Waals surface area contributed by atoms with E-state index in [-0.39, 0.29) is 18.1 Å². The minimum absolute atomic E-state index is 0.0288. The predicted octanol–water partition coefficient (Wildman–Crippen LogP) is 7.19. The molecule has 2 aromatic rings. The highest BCUT2D eigenvalue weighted by Crippen LogP contribution is 2.44. The van der Waals surface area contributed by atoms with Crippen LogP contribution in [0.15, 0.2) is 30.3 Å². The first-order chi connectivity index (χ1) is 17.7. The van der Waals surface area contributed by atoms with E-state index in [9.17, 15) is 41.0 Å². The minimum atomic E-state index is -5.04. The van der Waals surface area contributed by atoms with Crippen LogP contribution in [-0.2, 0) is 36.5 Å². The predicted molar refractivity (Wildman–Crippen MR) is 125 cm³/mol. The lowest BCUT2D eigenvalue weighted by molar-refractivity contribution is -0.143. The van der Waals surface area contributed by atoms with E-state index in [2.05, 4.69) is 0 Å². The van der Waals surface area contributed by atoms with Crippen LogP contribution < -0.4 is 4.90 Å². The first-order valence-corrected chi connectivity index (χ1v) is 12.0. The standard InChI is InChI=1S/C26H26F6N2O4/c1-14-7-21(20-10-16-5-3-4-6-17(16)11-22(20)34(14)23(35)36)33(24(37)38-2)13-15-8-18(25(27,28)29)12-19(9-15)26(30,31)32/h8-12,14,21H,3-7,13H2,1-2H3,(H,35,36)/t14-,21+/m1/s1. The number of fused-ring (bicyclic) bond motifs is 2. The SMILES string of the molecule is COC(=O)N(Cc1cc(C(F)(F)F)cc(C(F)(F)F)c1)[C@H]1C[C@@H](C)N(C(=O)O)c2cc3c(cc21)CCCC3. The van der Waals surface area contributed by atoms with Gasteiger partial charge < -0.3 is 9.84 Å². The van der Waals surface area contributed by atoms with Gasteiger partial charge in [-0.1, -0.05) is 6.07 Å². The number of methoxy groups -OCH3 is 1. The van der Waals surface area contributed by atoms with Crippen molar-refractivity contribution < 1.29 is 45.8 Å². The molecule has 1 aliphatic carbocycles. The fraction of sp³-hybridized carbons (Fsp3) is 0.462. The summed E-state index contributed by atoms with van der Waals surface area (Å²) in [5, 5.41) is 9.90. The van der Waals surface area contributed by atoms with Crippen molar-refractivity contribution in [1.82, 2.24) is 4.90 Å². The summed E-state index contributed by atoms with van der Waals surface area (Å²) in [5.74, 6) is 0. The molecular weight excluding hydrogens is 518 g/mol. The highest BCUT2D eigenvalue weighted by atomic mass is 19.4. The maximum atomic E-state index is 13.4. The van der Waals surface area contributed by atoms with Crippen LogP contribution in [0.1, 0.15) is 65.6 Å². The van der Waals surface area contributed by atoms with Crippen molar-refractivity contribution in [3.05, 3.63) is 63.7 Å². The largest absolute Gasteiger partial charge is 0.465 e. The number of carboxylic acid groups (broad SMARTS) is 1. The minimum Gasteiger partial charge on any atom is -0.465 e. The highest BCUT2D eigenvalue weighted by Gasteiger charge is 2.41. The summed E-state index contributed by atoms with van der Waals surface area (Å²) >= 11 is 0. The van der Waals surface area contributed by atoms with Crippen molar-refractivity contribution >= 4 is 17.9 Å². The van der Waals surface area contributed by atoms with Gasteiger partial charge in [0.2, 0.25) is 0 Å². The van der Waals surface area contributed by atoms with Gasteiger partial charge in [-0.05, 0) is 85.5 Å². The molecule has 0 unspecified atom stereocenters. The molecule has 0 saturated carbocycles. The molecule has 1 aliphatic heterocycles. The molecule has 4 rings (SSSR count). The molecule has 0 radical (unpaired) electrons. The maximum Gasteiger partial charge on any atom is 0.416 e. The molecule has 1 N–H and O–H groups in total. The van der Waals surface area contributed by atoms with Gasteiger partial charge in [-0.25, -0.2) is 9.59 Å². The second-order valence-corrected chi connectivity index (χ2v) is 9.65. The Hall–Kier alpha value is -3.44. The second kappa shape index (κ2) is 10.0. The van der Waals surface area contributed by atoms with Gasteiger partial charge in [0.05, 0.1) is 30.0 Å². The van der Waals surface area contributed by atoms with Crippen molar-refractivity contribution in [2.24, 2.45) is 0 Å². The average Bonchev–Trinajstić information content (AvgIpc) is 2.83. The van der Waals surface area contributed by atoms with Crippen LogP contribution in [-0.4, -0.2) is 35.3 Å². The van der Waals surface area contributed by atoms with Gasteiger partial charge in [0.25, 0.3) is 0 Å². The topological polar surface area (TPSA) is 70.1 Å². The molecule has 2 aromatic carbocycles. The Kier molecular flexibility index (Phi) is 7.28. The van der Waals surface area contributed by atoms with Crippen molar-refractivity contribution in [3.8, 4) is 0 Å². The fourth-order valence-electron chi connectivity index (χ4n) is 5.37. The molecule has 2 amide bonds. The van der Waals surface area contributed by atoms with Crippen LogP contribution >= 0.6 is 0 Å². The zero-order valence-electron chi connectivity index (χ0n) is 20.6. The van der Waals surface area contributed by atoms with Gasteiger partial charge >= 0.3 is 24.5 Å². The summed E-state index contributed by atoms with van der Waals surface area (Å²) in [7, 11) is 1.06. The Morgan fingerprint density at radius 1 is 0.974 bits per heavy atom. The van der Waals surface area contributed by atoms with Crippen LogP contribution in [0.4, 0.5) is 41.6 Å². The van der Waals surface area contributed by atoms with E-state index in [0.717, 1.165) is 48.8 Å². The number of alkyl halides is 6. The van der Waals surface area contributed by atoms with Crippen LogP contribution in [0.3, 0.4) is 0 Å². The molecule has 12 heteroatoms. The molecule has 2 atom stereocenters. The van der Waals surface area contributed by atoms with E-state index in [4.69, 9.17) is 4.74 Å². The van der Waals surface area contributed by atoms with Gasteiger partial charge in [0, 0.05) is 12.6 Å². The third-order valence-electron chi connectivity index (χ3n) is 7.11. The molecule has 0 aromatic heterocycles. The Balaban J connectivity index is 1.84. The van der Waals surface area contributed by atoms with Gasteiger partial charge in [-0.3, -0.25) is 9.80 Å². The molecule has 6 nitrogen and oxygen atoms in total. The zero-order chi connectivity index (χ0) is 28.0. The molecule has 0 spiro atoms. The van der Waals surface area contributed by atoms with E-state index in [0.29, 0.717) is 23.4 Å². The van der Waals surface area contributed by atoms with E-state index in [1.807, 2.05) is 0 Å². The van der Waals surface area contributed by atoms with Crippen LogP contribution in [0, 0.1) is 0 Å². The Bertz CT molecular complexity index is 1210. The van der Waals surface area contributed by atoms with E-state index < -0.39 is 54.3 Å². The third kappa shape index (κ3) is 5.39. The fourth-order valence-corrected chi connectivity index (χ4v) is 5.37. The number of benzene rings is 2. The number of nitrogens with zero attached hydrogens (tertiary/aromatic N) is 2. The number of anilines is 1. The Labute approximate surface area is 214 Å². The number of ether oxygens (including phenoxy) is 1. The summed E-state index contributed by atoms with van der Waals surface area (Å²) in [6.07, 6.45) is -8.84. The molecule has 1 heterocycles. The summed E-state index contributed by atoms with van der Waals surface area (Å²) in [6, 6.07) is 3.27. The summed E-state index contributed by atoms with van der Waals surface area (Å²) in [6.45, 7) is 1.02. The summed E-state index contributed by atoms with van der Waals surface area (Å²) in [4.78, 5) is 27.3. The number of carbonyl (C=O) groups excluding carboxylic acids is 1. The lowest BCUT2D eigenvalue weighted by Crippen LogP contribution is -2.47. The molecule has 0 bridgehead atoms. The van der Waals surface area contributed by atoms with Gasteiger partial charge in [0.15, 0.2) is 0 Å². The lowest BCUT2D eigenvalue weighted by Gasteiger charge is -2.42. The lowest BCUT2D eigenvalue weighted by atomic mass is 9.83. The third-order valence-corrected chi connectivity index (χ3v) is 7.11. The van der Waals surface area contributed by atoms with E-state index >= 15 is 0 Å². The summed E-state index contributed by atoms with van der Waals surface area (Å²) < 4.78 is 85.6. The van der Waals surface area contributed by atoms with Crippen molar-refractivity contribution in [2.45, 2.75) is 70.0 Å². The summed E-state index contributed by atoms with van der Waals surface area (Å²) in [5.41, 5.74) is -0.610. The molecule has 38 heavy (non-hydrogen) atoms. The first-order valence-electron chi connectivity index (χ1n) is 12.0. The van der Waals surface area contributed by atoms with Crippen molar-refractivity contribution in [1.29, 1.82) is 0 Å². The number of carbonyl (C=O) groups is 2. The Morgan fingerprint density at radius 3 is 2.03 bits per heavy atom. The van der Waals surface area contributed by atoms with Crippen LogP contribution in [0.2, 0.25) is 0 Å². The van der Waals surface area contributed by atoms with Gasteiger partial charge in [0.1, 0.15) is 0 Å². The van der Waals surface area contributed by atoms with E-state index in [1.54, 1.807) is 19.1 Å². The molecule has 0 fully saturated rings. The quantitative estimate of drug-likeness (QED) is 0.416. The second-order valence-electron chi connectivity index (χ2n) is 9.65. The molecular formula is C26H26F6N2O4. The number of hydrogen-bond donors (Lipinski definition) is 1. The monoisotopic (exact) mass is 544 g/mol. The number of aryl methyl sites for hydroxylation is 2. The zero-order valence-corrected chi connectivity index (χ0v) is 20.6. The number of rotatable bonds is 3. The molecule has 2 aliphatic rings.